The highest BCUT2D eigenvalue weighted by atomic mass is 32.1. The Morgan fingerprint density at radius 2 is 1.86 bits per heavy atom. The molecule has 1 aromatic heterocycles. The van der Waals surface area contributed by atoms with Crippen molar-refractivity contribution in [2.24, 2.45) is 5.41 Å². The Balaban J connectivity index is 1.38. The van der Waals surface area contributed by atoms with Crippen LogP contribution in [0.15, 0.2) is 66.2 Å². The molecule has 0 radical (unpaired) electrons. The van der Waals surface area contributed by atoms with E-state index in [9.17, 15) is 19.8 Å². The van der Waals surface area contributed by atoms with Crippen LogP contribution in [0.4, 0.5) is 10.5 Å². The third kappa shape index (κ3) is 7.86. The van der Waals surface area contributed by atoms with Crippen LogP contribution in [-0.4, -0.2) is 71.5 Å². The van der Waals surface area contributed by atoms with Crippen molar-refractivity contribution >= 4 is 28.8 Å². The summed E-state index contributed by atoms with van der Waals surface area (Å²) in [5.41, 5.74) is 2.49. The first-order valence-electron chi connectivity index (χ1n) is 18.1. The van der Waals surface area contributed by atoms with Crippen LogP contribution in [-0.2, 0) is 11.2 Å². The second-order valence-electron chi connectivity index (χ2n) is 14.9. The number of methoxy groups -OCH3 is 1. The van der Waals surface area contributed by atoms with Crippen molar-refractivity contribution in [3.05, 3.63) is 92.7 Å². The number of nitrogens with zero attached hydrogens (tertiary/aromatic N) is 1. The molecule has 9 heteroatoms. The van der Waals surface area contributed by atoms with Gasteiger partial charge in [-0.25, -0.2) is 4.79 Å². The Morgan fingerprint density at radius 1 is 1.06 bits per heavy atom. The monoisotopic (exact) mass is 700 g/mol. The summed E-state index contributed by atoms with van der Waals surface area (Å²) < 4.78 is 11.3. The summed E-state index contributed by atoms with van der Waals surface area (Å²) in [6, 6.07) is 16.9. The molecule has 4 aliphatic rings. The maximum Gasteiger partial charge on any atom is 0.322 e. The molecule has 8 nitrogen and oxygen atoms in total. The van der Waals surface area contributed by atoms with Crippen LogP contribution >= 0.6 is 11.3 Å². The molecule has 268 valence electrons. The zero-order valence-electron chi connectivity index (χ0n) is 29.9. The van der Waals surface area contributed by atoms with Gasteiger partial charge in [0.15, 0.2) is 0 Å². The van der Waals surface area contributed by atoms with Gasteiger partial charge in [-0.05, 0) is 131 Å². The highest BCUT2D eigenvalue weighted by Crippen LogP contribution is 2.59. The molecule has 2 amide bonds. The highest BCUT2D eigenvalue weighted by Gasteiger charge is 2.58. The van der Waals surface area contributed by atoms with E-state index < -0.39 is 17.1 Å². The molecular weight excluding hydrogens is 649 g/mol. The molecule has 5 atom stereocenters. The molecule has 7 rings (SSSR count). The van der Waals surface area contributed by atoms with E-state index in [4.69, 9.17) is 9.47 Å². The van der Waals surface area contributed by atoms with Gasteiger partial charge < -0.3 is 29.9 Å². The molecule has 50 heavy (non-hydrogen) atoms. The summed E-state index contributed by atoms with van der Waals surface area (Å²) in [5.74, 6) is 0.555. The maximum absolute atomic E-state index is 14.3. The summed E-state index contributed by atoms with van der Waals surface area (Å²) in [6.45, 7) is 7.46. The lowest BCUT2D eigenvalue weighted by Crippen LogP contribution is -2.55. The van der Waals surface area contributed by atoms with E-state index in [1.54, 1.807) is 12.0 Å². The molecule has 0 spiro atoms. The zero-order valence-corrected chi connectivity index (χ0v) is 30.7. The molecule has 1 aliphatic heterocycles. The van der Waals surface area contributed by atoms with Crippen molar-refractivity contribution in [3.63, 3.8) is 0 Å². The van der Waals surface area contributed by atoms with Gasteiger partial charge in [-0.15, -0.1) is 11.3 Å². The number of urea groups is 1. The average Bonchev–Trinajstić information content (AvgIpc) is 3.84. The van der Waals surface area contributed by atoms with Gasteiger partial charge in [0.05, 0.1) is 36.3 Å². The Bertz CT molecular complexity index is 1690. The number of carbonyl (C=O) groups is 2. The molecule has 2 aromatic carbocycles. The van der Waals surface area contributed by atoms with Crippen molar-refractivity contribution < 1.29 is 29.3 Å². The number of hydrogen-bond donors (Lipinski definition) is 3. The number of aliphatic hydroxyl groups is 2. The number of thiophene rings is 1. The number of amides is 2. The van der Waals surface area contributed by atoms with E-state index in [-0.39, 0.29) is 30.4 Å². The summed E-state index contributed by atoms with van der Waals surface area (Å²) >= 11 is 1.49. The predicted octanol–water partition coefficient (Wildman–Crippen LogP) is 8.05. The summed E-state index contributed by atoms with van der Waals surface area (Å²) in [7, 11) is 1.61. The summed E-state index contributed by atoms with van der Waals surface area (Å²) in [5, 5.41) is 26.9. The number of anilines is 1. The number of aryl methyl sites for hydroxylation is 1. The van der Waals surface area contributed by atoms with Crippen LogP contribution in [0.1, 0.15) is 102 Å². The van der Waals surface area contributed by atoms with E-state index in [0.717, 1.165) is 41.7 Å². The van der Waals surface area contributed by atoms with Crippen LogP contribution in [0.25, 0.3) is 0 Å². The third-order valence-electron chi connectivity index (χ3n) is 11.4. The fourth-order valence-electron chi connectivity index (χ4n) is 8.33. The van der Waals surface area contributed by atoms with Crippen LogP contribution in [0.5, 0.6) is 5.75 Å². The number of ketones is 1. The Hall–Kier alpha value is -3.50. The number of aliphatic hydroxyl groups excluding tert-OH is 1. The van der Waals surface area contributed by atoms with Crippen LogP contribution < -0.4 is 10.1 Å². The van der Waals surface area contributed by atoms with E-state index in [2.05, 4.69) is 31.3 Å². The summed E-state index contributed by atoms with van der Waals surface area (Å²) in [6.07, 6.45) is 7.94. The SMILES string of the molecule is COc1ccc(NC(=O)N(C[C@H]2CCCO2)C[C@]2(O)CC[C@H]3c4ccc(cc4C(=O)c4ccc(C)s4)C[C@@H](O)CCC(C)=CCC[C@@]32C)cc1. The van der Waals surface area contributed by atoms with Gasteiger partial charge in [-0.1, -0.05) is 30.7 Å². The first kappa shape index (κ1) is 36.3. The largest absolute Gasteiger partial charge is 0.497 e. The van der Waals surface area contributed by atoms with E-state index in [1.807, 2.05) is 55.5 Å². The number of nitrogens with one attached hydrogen (secondary N) is 1. The molecular formula is C41H52N2O6S. The zero-order chi connectivity index (χ0) is 35.5. The predicted molar refractivity (Wildman–Crippen MR) is 198 cm³/mol. The van der Waals surface area contributed by atoms with Gasteiger partial charge in [0.1, 0.15) is 5.75 Å². The normalized spacial score (nSPS) is 26.9. The first-order valence-corrected chi connectivity index (χ1v) is 18.9. The molecule has 3 aromatic rings. The van der Waals surface area contributed by atoms with Gasteiger partial charge in [0, 0.05) is 34.7 Å². The van der Waals surface area contributed by atoms with Gasteiger partial charge >= 0.3 is 6.03 Å². The molecule has 0 unspecified atom stereocenters. The Kier molecular flexibility index (Phi) is 11.2. The van der Waals surface area contributed by atoms with Crippen molar-refractivity contribution in [2.75, 3.05) is 32.1 Å². The Morgan fingerprint density at radius 3 is 2.56 bits per heavy atom. The number of carbonyl (C=O) groups excluding carboxylic acids is 2. The third-order valence-corrected chi connectivity index (χ3v) is 12.4. The minimum absolute atomic E-state index is 0.0195. The number of rotatable bonds is 8. The molecule has 1 saturated heterocycles. The molecule has 2 fully saturated rings. The minimum atomic E-state index is -1.24. The number of fused-ring (bicyclic) bond motifs is 8. The lowest BCUT2D eigenvalue weighted by molar-refractivity contribution is -0.0799. The van der Waals surface area contributed by atoms with Crippen molar-refractivity contribution in [1.29, 1.82) is 0 Å². The maximum atomic E-state index is 14.3. The van der Waals surface area contributed by atoms with E-state index >= 15 is 0 Å². The van der Waals surface area contributed by atoms with Crippen molar-refractivity contribution in [3.8, 4) is 5.75 Å². The molecule has 2 heterocycles. The Labute approximate surface area is 300 Å². The fraction of sp³-hybridized carbons (Fsp3) is 0.512. The standard InChI is InChI=1S/C41H52N2O6S/c1-27-7-5-20-40(3)36(34-17-11-29(23-31(44)14-9-27)24-35(34)38(45)37-18-10-28(2)50-37)19-21-41(40,47)26-43(25-33-8-6-22-49-33)39(46)42-30-12-15-32(48-4)16-13-30/h7,10-13,15-18,24,31,33,36,44,47H,5-6,8-9,14,19-23,25-26H2,1-4H3,(H,42,46)/t31-,33+,36-,40-,41+/m0/s1. The average molecular weight is 701 g/mol. The number of ether oxygens (including phenoxy) is 2. The second kappa shape index (κ2) is 15.4. The van der Waals surface area contributed by atoms with Crippen molar-refractivity contribution in [1.82, 2.24) is 4.90 Å². The van der Waals surface area contributed by atoms with E-state index in [1.165, 1.54) is 16.9 Å². The van der Waals surface area contributed by atoms with Gasteiger partial charge in [0.2, 0.25) is 5.78 Å². The minimum Gasteiger partial charge on any atom is -0.497 e. The van der Waals surface area contributed by atoms with Crippen LogP contribution in [0.3, 0.4) is 0 Å². The van der Waals surface area contributed by atoms with Gasteiger partial charge in [-0.2, -0.15) is 0 Å². The lowest BCUT2D eigenvalue weighted by Gasteiger charge is -2.46. The first-order chi connectivity index (χ1) is 24.0. The van der Waals surface area contributed by atoms with Gasteiger partial charge in [-0.3, -0.25) is 4.79 Å². The molecule has 2 bridgehead atoms. The fourth-order valence-corrected chi connectivity index (χ4v) is 9.15. The molecule has 1 saturated carbocycles. The van der Waals surface area contributed by atoms with Crippen LogP contribution in [0.2, 0.25) is 0 Å². The number of hydrogen-bond acceptors (Lipinski definition) is 7. The quantitative estimate of drug-likeness (QED) is 0.162. The second-order valence-corrected chi connectivity index (χ2v) is 16.1. The molecule has 3 N–H and O–H groups in total. The molecule has 3 aliphatic carbocycles. The number of benzene rings is 2. The lowest BCUT2D eigenvalue weighted by atomic mass is 9.64. The van der Waals surface area contributed by atoms with Crippen LogP contribution in [0, 0.1) is 12.3 Å². The summed E-state index contributed by atoms with van der Waals surface area (Å²) in [4.78, 5) is 31.8. The number of allylic oxidation sites excluding steroid dienone is 2. The topological polar surface area (TPSA) is 108 Å². The smallest absolute Gasteiger partial charge is 0.322 e. The van der Waals surface area contributed by atoms with E-state index in [0.29, 0.717) is 67.1 Å². The van der Waals surface area contributed by atoms with Gasteiger partial charge in [0.25, 0.3) is 0 Å². The highest BCUT2D eigenvalue weighted by molar-refractivity contribution is 7.14. The van der Waals surface area contributed by atoms with Crippen molar-refractivity contribution in [2.45, 2.75) is 102 Å².